The van der Waals surface area contributed by atoms with E-state index in [1.54, 1.807) is 11.0 Å². The van der Waals surface area contributed by atoms with Crippen LogP contribution in [-0.4, -0.2) is 46.2 Å². The average Bonchev–Trinajstić information content (AvgIpc) is 3.06. The lowest BCUT2D eigenvalue weighted by Gasteiger charge is -2.34. The molecule has 0 N–H and O–H groups in total. The summed E-state index contributed by atoms with van der Waals surface area (Å²) in [7, 11) is 0. The summed E-state index contributed by atoms with van der Waals surface area (Å²) in [5, 5.41) is 11.4. The molecule has 0 saturated carbocycles. The Labute approximate surface area is 174 Å². The SMILES string of the molecule is CC(C)(C)OC(=O)N1CCC[C@@H](CCCOc2nc3cc([N+](=O)[O-])ccc3s2)C1. The molecule has 1 aromatic heterocycles. The molecule has 1 aromatic carbocycles. The van der Waals surface area contributed by atoms with Crippen LogP contribution in [0.2, 0.25) is 0 Å². The molecule has 2 heterocycles. The molecule has 1 atom stereocenters. The summed E-state index contributed by atoms with van der Waals surface area (Å²) in [6.07, 6.45) is 3.69. The zero-order chi connectivity index (χ0) is 21.0. The Bertz CT molecular complexity index is 877. The number of likely N-dealkylation sites (tertiary alicyclic amines) is 1. The van der Waals surface area contributed by atoms with E-state index < -0.39 is 10.5 Å². The molecule has 1 aliphatic heterocycles. The Morgan fingerprint density at radius 2 is 2.21 bits per heavy atom. The van der Waals surface area contributed by atoms with Crippen molar-refractivity contribution in [1.82, 2.24) is 9.88 Å². The van der Waals surface area contributed by atoms with Gasteiger partial charge < -0.3 is 14.4 Å². The van der Waals surface area contributed by atoms with Crippen molar-refractivity contribution < 1.29 is 19.2 Å². The number of aromatic nitrogens is 1. The van der Waals surface area contributed by atoms with Crippen molar-refractivity contribution in [3.05, 3.63) is 28.3 Å². The van der Waals surface area contributed by atoms with Crippen LogP contribution in [0.15, 0.2) is 18.2 Å². The first-order chi connectivity index (χ1) is 13.7. The van der Waals surface area contributed by atoms with Gasteiger partial charge >= 0.3 is 6.09 Å². The van der Waals surface area contributed by atoms with Gasteiger partial charge in [0.15, 0.2) is 0 Å². The van der Waals surface area contributed by atoms with Gasteiger partial charge in [-0.25, -0.2) is 9.78 Å². The molecule has 0 bridgehead atoms. The summed E-state index contributed by atoms with van der Waals surface area (Å²) < 4.78 is 12.1. The molecular formula is C20H27N3O5S. The second-order valence-electron chi connectivity index (χ2n) is 8.31. The molecule has 0 radical (unpaired) electrons. The number of piperidine rings is 1. The number of carbonyl (C=O) groups is 1. The van der Waals surface area contributed by atoms with Crippen molar-refractivity contribution in [3.8, 4) is 5.19 Å². The van der Waals surface area contributed by atoms with Gasteiger partial charge in [-0.2, -0.15) is 0 Å². The number of ether oxygens (including phenoxy) is 2. The number of hydrogen-bond acceptors (Lipinski definition) is 7. The Kier molecular flexibility index (Phi) is 6.56. The number of fused-ring (bicyclic) bond motifs is 1. The normalized spacial score (nSPS) is 17.3. The van der Waals surface area contributed by atoms with Crippen LogP contribution in [0.5, 0.6) is 5.19 Å². The smallest absolute Gasteiger partial charge is 0.410 e. The molecule has 1 aliphatic rings. The van der Waals surface area contributed by atoms with Crippen molar-refractivity contribution in [1.29, 1.82) is 0 Å². The number of hydrogen-bond donors (Lipinski definition) is 0. The summed E-state index contributed by atoms with van der Waals surface area (Å²) in [4.78, 5) is 28.8. The van der Waals surface area contributed by atoms with Crippen LogP contribution >= 0.6 is 11.3 Å². The number of benzene rings is 1. The fourth-order valence-electron chi connectivity index (χ4n) is 3.39. The predicted octanol–water partition coefficient (Wildman–Crippen LogP) is 5.01. The van der Waals surface area contributed by atoms with E-state index in [2.05, 4.69) is 4.98 Å². The fourth-order valence-corrected chi connectivity index (χ4v) is 4.21. The highest BCUT2D eigenvalue weighted by molar-refractivity contribution is 7.20. The standard InChI is InChI=1S/C20H27N3O5S/c1-20(2,3)28-19(24)22-10-4-6-14(13-22)7-5-11-27-18-21-16-12-15(23(25)26)8-9-17(16)29-18/h8-9,12,14H,4-7,10-11,13H2,1-3H3/t14-/m0/s1. The third-order valence-corrected chi connectivity index (χ3v) is 5.66. The summed E-state index contributed by atoms with van der Waals surface area (Å²) >= 11 is 1.39. The molecule has 0 unspecified atom stereocenters. The van der Waals surface area contributed by atoms with Gasteiger partial charge in [0.2, 0.25) is 0 Å². The molecule has 8 nitrogen and oxygen atoms in total. The number of nitrogens with zero attached hydrogens (tertiary/aromatic N) is 3. The van der Waals surface area contributed by atoms with E-state index in [9.17, 15) is 14.9 Å². The Morgan fingerprint density at radius 3 is 2.93 bits per heavy atom. The van der Waals surface area contributed by atoms with Crippen molar-refractivity contribution in [3.63, 3.8) is 0 Å². The lowest BCUT2D eigenvalue weighted by molar-refractivity contribution is -0.384. The highest BCUT2D eigenvalue weighted by atomic mass is 32.1. The van der Waals surface area contributed by atoms with E-state index in [0.717, 1.165) is 43.5 Å². The summed E-state index contributed by atoms with van der Waals surface area (Å²) in [5.41, 5.74) is 0.135. The minimum Gasteiger partial charge on any atom is -0.470 e. The lowest BCUT2D eigenvalue weighted by atomic mass is 9.94. The van der Waals surface area contributed by atoms with E-state index in [1.165, 1.54) is 23.5 Å². The molecule has 29 heavy (non-hydrogen) atoms. The minimum atomic E-state index is -0.477. The molecule has 9 heteroatoms. The fraction of sp³-hybridized carbons (Fsp3) is 0.600. The predicted molar refractivity (Wildman–Crippen MR) is 112 cm³/mol. The number of rotatable bonds is 6. The van der Waals surface area contributed by atoms with Crippen LogP contribution in [-0.2, 0) is 4.74 Å². The number of non-ortho nitro benzene ring substituents is 1. The highest BCUT2D eigenvalue weighted by Crippen LogP contribution is 2.30. The zero-order valence-electron chi connectivity index (χ0n) is 17.1. The van der Waals surface area contributed by atoms with Gasteiger partial charge in [0, 0.05) is 25.2 Å². The van der Waals surface area contributed by atoms with Crippen molar-refractivity contribution in [2.24, 2.45) is 5.92 Å². The quantitative estimate of drug-likeness (QED) is 0.370. The first-order valence-electron chi connectivity index (χ1n) is 9.87. The minimum absolute atomic E-state index is 0.0289. The lowest BCUT2D eigenvalue weighted by Crippen LogP contribution is -2.42. The molecule has 3 rings (SSSR count). The number of amides is 1. The molecule has 0 spiro atoms. The zero-order valence-corrected chi connectivity index (χ0v) is 17.9. The van der Waals surface area contributed by atoms with Crippen LogP contribution in [0.3, 0.4) is 0 Å². The third-order valence-electron chi connectivity index (χ3n) is 4.72. The number of nitro groups is 1. The third kappa shape index (κ3) is 6.03. The van der Waals surface area contributed by atoms with Crippen LogP contribution in [0, 0.1) is 16.0 Å². The Morgan fingerprint density at radius 1 is 1.41 bits per heavy atom. The Hall–Kier alpha value is -2.42. The van der Waals surface area contributed by atoms with Crippen molar-refractivity contribution in [2.45, 2.75) is 52.1 Å². The molecule has 2 aromatic rings. The summed E-state index contributed by atoms with van der Waals surface area (Å²) in [6.45, 7) is 7.64. The van der Waals surface area contributed by atoms with Gasteiger partial charge in [-0.1, -0.05) is 11.3 Å². The molecule has 0 aliphatic carbocycles. The first-order valence-corrected chi connectivity index (χ1v) is 10.7. The molecule has 1 saturated heterocycles. The topological polar surface area (TPSA) is 94.8 Å². The van der Waals surface area contributed by atoms with Crippen molar-refractivity contribution >= 4 is 33.3 Å². The summed E-state index contributed by atoms with van der Waals surface area (Å²) in [6, 6.07) is 4.64. The van der Waals surface area contributed by atoms with E-state index in [-0.39, 0.29) is 11.8 Å². The van der Waals surface area contributed by atoms with E-state index >= 15 is 0 Å². The van der Waals surface area contributed by atoms with Gasteiger partial charge in [-0.3, -0.25) is 10.1 Å². The van der Waals surface area contributed by atoms with Gasteiger partial charge in [-0.05, 0) is 58.4 Å². The maximum absolute atomic E-state index is 12.3. The van der Waals surface area contributed by atoms with Gasteiger partial charge in [0.05, 0.1) is 21.7 Å². The van der Waals surface area contributed by atoms with Gasteiger partial charge in [0.1, 0.15) is 5.60 Å². The first kappa shape index (κ1) is 21.3. The Balaban J connectivity index is 1.45. The van der Waals surface area contributed by atoms with Gasteiger partial charge in [0.25, 0.3) is 10.9 Å². The number of thiazole rings is 1. The molecule has 1 amide bonds. The maximum Gasteiger partial charge on any atom is 0.410 e. The molecule has 1 fully saturated rings. The van der Waals surface area contributed by atoms with Crippen LogP contribution in [0.1, 0.15) is 46.5 Å². The van der Waals surface area contributed by atoms with E-state index in [4.69, 9.17) is 9.47 Å². The largest absolute Gasteiger partial charge is 0.470 e. The summed E-state index contributed by atoms with van der Waals surface area (Å²) in [5.74, 6) is 0.442. The van der Waals surface area contributed by atoms with Crippen LogP contribution < -0.4 is 4.74 Å². The molecular weight excluding hydrogens is 394 g/mol. The second-order valence-corrected chi connectivity index (χ2v) is 9.31. The molecule has 158 valence electrons. The average molecular weight is 422 g/mol. The maximum atomic E-state index is 12.3. The monoisotopic (exact) mass is 421 g/mol. The van der Waals surface area contributed by atoms with Crippen LogP contribution in [0.4, 0.5) is 10.5 Å². The van der Waals surface area contributed by atoms with Crippen LogP contribution in [0.25, 0.3) is 10.2 Å². The van der Waals surface area contributed by atoms with E-state index in [0.29, 0.717) is 23.2 Å². The number of carbonyl (C=O) groups excluding carboxylic acids is 1. The van der Waals surface area contributed by atoms with E-state index in [1.807, 2.05) is 20.8 Å². The van der Waals surface area contributed by atoms with Gasteiger partial charge in [-0.15, -0.1) is 0 Å². The number of nitro benzene ring substituents is 1. The second kappa shape index (κ2) is 8.94. The van der Waals surface area contributed by atoms with Crippen molar-refractivity contribution in [2.75, 3.05) is 19.7 Å². The highest BCUT2D eigenvalue weighted by Gasteiger charge is 2.27.